The minimum atomic E-state index is -0.341. The highest BCUT2D eigenvalue weighted by atomic mass is 35.5. The highest BCUT2D eigenvalue weighted by Gasteiger charge is 2.26. The van der Waals surface area contributed by atoms with Gasteiger partial charge in [0.15, 0.2) is 0 Å². The maximum absolute atomic E-state index is 12.3. The van der Waals surface area contributed by atoms with Crippen LogP contribution in [0.1, 0.15) is 49.5 Å². The summed E-state index contributed by atoms with van der Waals surface area (Å²) in [6.07, 6.45) is 1.60. The second-order valence-corrected chi connectivity index (χ2v) is 5.25. The van der Waals surface area contributed by atoms with E-state index in [9.17, 15) is 9.59 Å². The lowest BCUT2D eigenvalue weighted by Gasteiger charge is -2.31. The molecule has 1 aromatic carbocycles. The molecule has 0 atom stereocenters. The van der Waals surface area contributed by atoms with Gasteiger partial charge in [-0.1, -0.05) is 26.0 Å². The van der Waals surface area contributed by atoms with Crippen molar-refractivity contribution in [3.8, 4) is 0 Å². The molecular weight excluding hydrogens is 302 g/mol. The molecule has 0 saturated heterocycles. The number of amides is 2. The number of nitrogens with two attached hydrogens (primary N) is 1. The topological polar surface area (TPSA) is 84.2 Å². The number of hydrogen-bond acceptors (Lipinski definition) is 3. The maximum atomic E-state index is 12.3. The van der Waals surface area contributed by atoms with E-state index in [0.717, 1.165) is 18.4 Å². The summed E-state index contributed by atoms with van der Waals surface area (Å²) in [5, 5.41) is 5.75. The summed E-state index contributed by atoms with van der Waals surface area (Å²) < 4.78 is 0. The van der Waals surface area contributed by atoms with Crippen LogP contribution in [0.3, 0.4) is 0 Å². The van der Waals surface area contributed by atoms with Crippen molar-refractivity contribution in [2.75, 3.05) is 6.54 Å². The highest BCUT2D eigenvalue weighted by molar-refractivity contribution is 5.94. The third kappa shape index (κ3) is 5.66. The molecule has 0 spiro atoms. The van der Waals surface area contributed by atoms with E-state index >= 15 is 0 Å². The van der Waals surface area contributed by atoms with Gasteiger partial charge in [-0.2, -0.15) is 0 Å². The molecule has 0 aliphatic rings. The molecule has 6 heteroatoms. The van der Waals surface area contributed by atoms with E-state index in [2.05, 4.69) is 10.6 Å². The van der Waals surface area contributed by atoms with Crippen LogP contribution in [0.25, 0.3) is 0 Å². The van der Waals surface area contributed by atoms with E-state index in [1.165, 1.54) is 6.92 Å². The summed E-state index contributed by atoms with van der Waals surface area (Å²) in [4.78, 5) is 23.1. The predicted molar refractivity (Wildman–Crippen MR) is 91.0 cm³/mol. The lowest BCUT2D eigenvalue weighted by Crippen LogP contribution is -2.52. The van der Waals surface area contributed by atoms with Gasteiger partial charge in [0, 0.05) is 25.6 Å². The van der Waals surface area contributed by atoms with E-state index in [0.29, 0.717) is 18.7 Å². The Hall–Kier alpha value is -1.59. The molecule has 0 saturated carbocycles. The summed E-state index contributed by atoms with van der Waals surface area (Å²) in [6, 6.07) is 7.21. The Morgan fingerprint density at radius 1 is 1.14 bits per heavy atom. The van der Waals surface area contributed by atoms with Gasteiger partial charge in [0.25, 0.3) is 5.91 Å². The molecule has 5 nitrogen and oxygen atoms in total. The number of halogens is 1. The van der Waals surface area contributed by atoms with Crippen molar-refractivity contribution in [3.05, 3.63) is 35.4 Å². The van der Waals surface area contributed by atoms with E-state index < -0.39 is 0 Å². The largest absolute Gasteiger partial charge is 0.352 e. The molecule has 0 radical (unpaired) electrons. The Balaban J connectivity index is 0.00000441. The van der Waals surface area contributed by atoms with Gasteiger partial charge in [-0.3, -0.25) is 9.59 Å². The summed E-state index contributed by atoms with van der Waals surface area (Å²) in [6.45, 7) is 6.41. The van der Waals surface area contributed by atoms with Crippen LogP contribution in [0.15, 0.2) is 24.3 Å². The molecule has 4 N–H and O–H groups in total. The number of carbonyl (C=O) groups is 2. The van der Waals surface area contributed by atoms with Crippen LogP contribution in [0.2, 0.25) is 0 Å². The molecule has 0 fully saturated rings. The monoisotopic (exact) mass is 327 g/mol. The number of nitrogens with one attached hydrogen (secondary N) is 2. The van der Waals surface area contributed by atoms with Crippen LogP contribution in [0.5, 0.6) is 0 Å². The zero-order valence-electron chi connectivity index (χ0n) is 13.4. The van der Waals surface area contributed by atoms with E-state index in [1.54, 1.807) is 12.1 Å². The van der Waals surface area contributed by atoms with Crippen LogP contribution < -0.4 is 16.4 Å². The Labute approximate surface area is 138 Å². The molecule has 0 unspecified atom stereocenters. The van der Waals surface area contributed by atoms with Crippen LogP contribution in [-0.2, 0) is 11.3 Å². The Kier molecular flexibility index (Phi) is 8.75. The normalized spacial score (nSPS) is 10.5. The second kappa shape index (κ2) is 9.43. The molecule has 0 aliphatic carbocycles. The first-order valence-electron chi connectivity index (χ1n) is 7.32. The zero-order chi connectivity index (χ0) is 15.9. The molecule has 0 heterocycles. The van der Waals surface area contributed by atoms with Crippen LogP contribution in [0.4, 0.5) is 0 Å². The molecule has 124 valence electrons. The molecule has 0 aliphatic heterocycles. The van der Waals surface area contributed by atoms with Gasteiger partial charge >= 0.3 is 0 Å². The average Bonchev–Trinajstić information content (AvgIpc) is 2.51. The van der Waals surface area contributed by atoms with Gasteiger partial charge in [0.05, 0.1) is 5.54 Å². The van der Waals surface area contributed by atoms with Crippen molar-refractivity contribution in [2.45, 2.75) is 45.7 Å². The van der Waals surface area contributed by atoms with Gasteiger partial charge in [-0.15, -0.1) is 12.4 Å². The number of hydrogen-bond donors (Lipinski definition) is 3. The van der Waals surface area contributed by atoms with E-state index in [-0.39, 0.29) is 29.8 Å². The number of rotatable bonds is 7. The fourth-order valence-electron chi connectivity index (χ4n) is 2.08. The van der Waals surface area contributed by atoms with Gasteiger partial charge in [-0.25, -0.2) is 0 Å². The summed E-state index contributed by atoms with van der Waals surface area (Å²) in [5.74, 6) is -0.189. The first-order valence-corrected chi connectivity index (χ1v) is 7.32. The van der Waals surface area contributed by atoms with Crippen LogP contribution >= 0.6 is 12.4 Å². The molecule has 0 aromatic heterocycles. The zero-order valence-corrected chi connectivity index (χ0v) is 14.3. The average molecular weight is 328 g/mol. The number of carbonyl (C=O) groups excluding carboxylic acids is 2. The molecule has 22 heavy (non-hydrogen) atoms. The van der Waals surface area contributed by atoms with Gasteiger partial charge in [0.1, 0.15) is 0 Å². The van der Waals surface area contributed by atoms with Gasteiger partial charge in [-0.05, 0) is 30.5 Å². The lowest BCUT2D eigenvalue weighted by molar-refractivity contribution is -0.119. The minimum absolute atomic E-state index is 0. The van der Waals surface area contributed by atoms with Crippen molar-refractivity contribution in [1.82, 2.24) is 10.6 Å². The standard InChI is InChI=1S/C16H25N3O2.ClH/c1-4-16(5-2,11-17)19-15(21)14-8-6-13(7-9-14)10-18-12(3)20;/h6-9H,4-5,10-11,17H2,1-3H3,(H,18,20)(H,19,21);1H. The van der Waals surface area contributed by atoms with Gasteiger partial charge in [0.2, 0.25) is 5.91 Å². The first-order chi connectivity index (χ1) is 9.96. The summed E-state index contributed by atoms with van der Waals surface area (Å²) in [7, 11) is 0. The van der Waals surface area contributed by atoms with Crippen molar-refractivity contribution in [2.24, 2.45) is 5.73 Å². The summed E-state index contributed by atoms with van der Waals surface area (Å²) in [5.41, 5.74) is 7.01. The predicted octanol–water partition coefficient (Wildman–Crippen LogP) is 1.99. The SMILES string of the molecule is CCC(CC)(CN)NC(=O)c1ccc(CNC(C)=O)cc1.Cl. The smallest absolute Gasteiger partial charge is 0.251 e. The quantitative estimate of drug-likeness (QED) is 0.716. The van der Waals surface area contributed by atoms with Crippen LogP contribution in [-0.4, -0.2) is 23.9 Å². The third-order valence-corrected chi connectivity index (χ3v) is 3.88. The Bertz CT molecular complexity index is 476. The van der Waals surface area contributed by atoms with E-state index in [4.69, 9.17) is 5.73 Å². The third-order valence-electron chi connectivity index (χ3n) is 3.88. The maximum Gasteiger partial charge on any atom is 0.251 e. The number of benzene rings is 1. The van der Waals surface area contributed by atoms with Gasteiger partial charge < -0.3 is 16.4 Å². The molecule has 1 aromatic rings. The highest BCUT2D eigenvalue weighted by Crippen LogP contribution is 2.15. The molecule has 1 rings (SSSR count). The Morgan fingerprint density at radius 2 is 1.68 bits per heavy atom. The minimum Gasteiger partial charge on any atom is -0.352 e. The van der Waals surface area contributed by atoms with E-state index in [1.807, 2.05) is 26.0 Å². The van der Waals surface area contributed by atoms with Crippen molar-refractivity contribution in [3.63, 3.8) is 0 Å². The molecular formula is C16H26ClN3O2. The Morgan fingerprint density at radius 3 is 2.09 bits per heavy atom. The lowest BCUT2D eigenvalue weighted by atomic mass is 9.92. The van der Waals surface area contributed by atoms with Crippen molar-refractivity contribution < 1.29 is 9.59 Å². The fourth-order valence-corrected chi connectivity index (χ4v) is 2.08. The summed E-state index contributed by atoms with van der Waals surface area (Å²) >= 11 is 0. The second-order valence-electron chi connectivity index (χ2n) is 5.25. The molecule has 0 bridgehead atoms. The fraction of sp³-hybridized carbons (Fsp3) is 0.500. The van der Waals surface area contributed by atoms with Crippen molar-refractivity contribution >= 4 is 24.2 Å². The molecule has 2 amide bonds. The first kappa shape index (κ1) is 20.4. The van der Waals surface area contributed by atoms with Crippen LogP contribution in [0, 0.1) is 0 Å². The van der Waals surface area contributed by atoms with Crippen molar-refractivity contribution in [1.29, 1.82) is 0 Å².